The van der Waals surface area contributed by atoms with Gasteiger partial charge in [0, 0.05) is 44.0 Å². The van der Waals surface area contributed by atoms with Crippen molar-refractivity contribution in [3.63, 3.8) is 0 Å². The Balaban J connectivity index is 1.82. The SMILES string of the molecule is CCNc1ncc(-c2nccn2[C@@H]2CCC[C@@H](CO)C2)cn1. The number of nitrogens with one attached hydrogen (secondary N) is 1. The van der Waals surface area contributed by atoms with Crippen molar-refractivity contribution >= 4 is 5.95 Å². The molecule has 2 heterocycles. The van der Waals surface area contributed by atoms with E-state index < -0.39 is 0 Å². The van der Waals surface area contributed by atoms with Gasteiger partial charge in [-0.05, 0) is 32.1 Å². The number of anilines is 1. The maximum Gasteiger partial charge on any atom is 0.222 e. The molecule has 6 heteroatoms. The Bertz CT molecular complexity index is 595. The average molecular weight is 301 g/mol. The van der Waals surface area contributed by atoms with Gasteiger partial charge in [-0.2, -0.15) is 0 Å². The lowest BCUT2D eigenvalue weighted by molar-refractivity contribution is 0.163. The zero-order valence-electron chi connectivity index (χ0n) is 12.9. The van der Waals surface area contributed by atoms with Gasteiger partial charge in [0.2, 0.25) is 5.95 Å². The highest BCUT2D eigenvalue weighted by molar-refractivity contribution is 5.54. The predicted octanol–water partition coefficient (Wildman–Crippen LogP) is 2.50. The van der Waals surface area contributed by atoms with Crippen LogP contribution in [-0.4, -0.2) is 37.8 Å². The van der Waals surface area contributed by atoms with Crippen molar-refractivity contribution in [3.05, 3.63) is 24.8 Å². The number of imidazole rings is 1. The molecule has 0 unspecified atom stereocenters. The monoisotopic (exact) mass is 301 g/mol. The minimum Gasteiger partial charge on any atom is -0.396 e. The lowest BCUT2D eigenvalue weighted by Crippen LogP contribution is -2.21. The van der Waals surface area contributed by atoms with Crippen LogP contribution < -0.4 is 5.32 Å². The Morgan fingerprint density at radius 3 is 2.82 bits per heavy atom. The van der Waals surface area contributed by atoms with Crippen LogP contribution in [0.15, 0.2) is 24.8 Å². The van der Waals surface area contributed by atoms with Crippen LogP contribution in [0.2, 0.25) is 0 Å². The minimum absolute atomic E-state index is 0.279. The molecule has 2 atom stereocenters. The van der Waals surface area contributed by atoms with E-state index in [1.165, 1.54) is 0 Å². The summed E-state index contributed by atoms with van der Waals surface area (Å²) in [7, 11) is 0. The standard InChI is InChI=1S/C16H23N5O/c1-2-17-16-19-9-13(10-20-16)15-18-6-7-21(15)14-5-3-4-12(8-14)11-22/h6-7,9-10,12,14,22H,2-5,8,11H2,1H3,(H,17,19,20)/t12-,14-/m1/s1. The first-order valence-electron chi connectivity index (χ1n) is 8.01. The van der Waals surface area contributed by atoms with Gasteiger partial charge >= 0.3 is 0 Å². The first-order chi connectivity index (χ1) is 10.8. The normalized spacial score (nSPS) is 21.7. The van der Waals surface area contributed by atoms with Gasteiger partial charge in [0.1, 0.15) is 5.82 Å². The number of aromatic nitrogens is 4. The second kappa shape index (κ2) is 6.87. The molecule has 22 heavy (non-hydrogen) atoms. The van der Waals surface area contributed by atoms with Gasteiger partial charge in [-0.15, -0.1) is 0 Å². The van der Waals surface area contributed by atoms with Crippen LogP contribution in [0, 0.1) is 5.92 Å². The fourth-order valence-electron chi connectivity index (χ4n) is 3.21. The van der Waals surface area contributed by atoms with E-state index >= 15 is 0 Å². The quantitative estimate of drug-likeness (QED) is 0.887. The van der Waals surface area contributed by atoms with E-state index in [9.17, 15) is 5.11 Å². The predicted molar refractivity (Wildman–Crippen MR) is 85.5 cm³/mol. The van der Waals surface area contributed by atoms with E-state index in [0.717, 1.165) is 43.6 Å². The topological polar surface area (TPSA) is 75.9 Å². The van der Waals surface area contributed by atoms with E-state index in [-0.39, 0.29) is 6.61 Å². The summed E-state index contributed by atoms with van der Waals surface area (Å²) in [6.45, 7) is 3.10. The van der Waals surface area contributed by atoms with Crippen molar-refractivity contribution in [2.45, 2.75) is 38.6 Å². The van der Waals surface area contributed by atoms with Crippen LogP contribution >= 0.6 is 0 Å². The van der Waals surface area contributed by atoms with Crippen molar-refractivity contribution in [3.8, 4) is 11.4 Å². The van der Waals surface area contributed by atoms with Crippen molar-refractivity contribution in [2.24, 2.45) is 5.92 Å². The molecule has 0 spiro atoms. The van der Waals surface area contributed by atoms with Gasteiger partial charge in [0.05, 0.1) is 5.56 Å². The highest BCUT2D eigenvalue weighted by Gasteiger charge is 2.24. The van der Waals surface area contributed by atoms with Crippen LogP contribution in [0.25, 0.3) is 11.4 Å². The highest BCUT2D eigenvalue weighted by atomic mass is 16.3. The molecule has 1 fully saturated rings. The second-order valence-corrected chi connectivity index (χ2v) is 5.85. The van der Waals surface area contributed by atoms with E-state index in [1.807, 2.05) is 31.7 Å². The van der Waals surface area contributed by atoms with E-state index in [0.29, 0.717) is 17.9 Å². The van der Waals surface area contributed by atoms with Crippen LogP contribution in [0.4, 0.5) is 5.95 Å². The van der Waals surface area contributed by atoms with Gasteiger partial charge in [0.25, 0.3) is 0 Å². The molecule has 2 aromatic rings. The number of hydrogen-bond acceptors (Lipinski definition) is 5. The molecule has 1 aliphatic carbocycles. The number of rotatable bonds is 5. The molecule has 1 aliphatic rings. The summed E-state index contributed by atoms with van der Waals surface area (Å²) in [5.41, 5.74) is 0.928. The summed E-state index contributed by atoms with van der Waals surface area (Å²) in [5, 5.41) is 12.5. The molecule has 0 aromatic carbocycles. The summed E-state index contributed by atoms with van der Waals surface area (Å²) < 4.78 is 2.22. The smallest absolute Gasteiger partial charge is 0.222 e. The maximum atomic E-state index is 9.42. The Kier molecular flexibility index (Phi) is 4.68. The van der Waals surface area contributed by atoms with Crippen LogP contribution in [0.3, 0.4) is 0 Å². The summed E-state index contributed by atoms with van der Waals surface area (Å²) in [6.07, 6.45) is 11.9. The van der Waals surface area contributed by atoms with Gasteiger partial charge in [0.15, 0.2) is 0 Å². The average Bonchev–Trinajstić information content (AvgIpc) is 3.05. The Labute approximate surface area is 130 Å². The maximum absolute atomic E-state index is 9.42. The molecule has 0 amide bonds. The van der Waals surface area contributed by atoms with Crippen molar-refractivity contribution in [1.82, 2.24) is 19.5 Å². The number of aliphatic hydroxyl groups is 1. The Morgan fingerprint density at radius 1 is 1.27 bits per heavy atom. The zero-order valence-corrected chi connectivity index (χ0v) is 12.9. The molecule has 3 rings (SSSR count). The molecule has 0 radical (unpaired) electrons. The number of nitrogens with zero attached hydrogens (tertiary/aromatic N) is 4. The molecule has 0 saturated heterocycles. The third-order valence-electron chi connectivity index (χ3n) is 4.32. The van der Waals surface area contributed by atoms with Crippen molar-refractivity contribution in [2.75, 3.05) is 18.5 Å². The molecule has 118 valence electrons. The summed E-state index contributed by atoms with van der Waals surface area (Å²) in [6, 6.07) is 0.400. The number of hydrogen-bond donors (Lipinski definition) is 2. The van der Waals surface area contributed by atoms with Crippen LogP contribution in [0.1, 0.15) is 38.6 Å². The first-order valence-corrected chi connectivity index (χ1v) is 8.01. The third-order valence-corrected chi connectivity index (χ3v) is 4.32. The second-order valence-electron chi connectivity index (χ2n) is 5.85. The first kappa shape index (κ1) is 15.0. The summed E-state index contributed by atoms with van der Waals surface area (Å²) in [4.78, 5) is 13.1. The van der Waals surface area contributed by atoms with Gasteiger partial charge in [-0.3, -0.25) is 0 Å². The molecule has 2 N–H and O–H groups in total. The van der Waals surface area contributed by atoms with Gasteiger partial charge in [-0.1, -0.05) is 6.42 Å². The van der Waals surface area contributed by atoms with E-state index in [4.69, 9.17) is 0 Å². The minimum atomic E-state index is 0.279. The van der Waals surface area contributed by atoms with Crippen molar-refractivity contribution in [1.29, 1.82) is 0 Å². The fourth-order valence-corrected chi connectivity index (χ4v) is 3.21. The van der Waals surface area contributed by atoms with Gasteiger partial charge in [-0.25, -0.2) is 15.0 Å². The molecule has 1 saturated carbocycles. The molecule has 0 bridgehead atoms. The zero-order chi connectivity index (χ0) is 15.4. The molecular formula is C16H23N5O. The molecular weight excluding hydrogens is 278 g/mol. The largest absolute Gasteiger partial charge is 0.396 e. The molecule has 6 nitrogen and oxygen atoms in total. The third kappa shape index (κ3) is 3.11. The lowest BCUT2D eigenvalue weighted by Gasteiger charge is -2.29. The summed E-state index contributed by atoms with van der Waals surface area (Å²) in [5.74, 6) is 1.95. The van der Waals surface area contributed by atoms with Crippen LogP contribution in [-0.2, 0) is 0 Å². The summed E-state index contributed by atoms with van der Waals surface area (Å²) >= 11 is 0. The van der Waals surface area contributed by atoms with Gasteiger partial charge < -0.3 is 15.0 Å². The molecule has 2 aromatic heterocycles. The van der Waals surface area contributed by atoms with Crippen molar-refractivity contribution < 1.29 is 5.11 Å². The lowest BCUT2D eigenvalue weighted by atomic mass is 9.86. The molecule has 0 aliphatic heterocycles. The Morgan fingerprint density at radius 2 is 2.09 bits per heavy atom. The Hall–Kier alpha value is -1.95. The number of aliphatic hydroxyl groups excluding tert-OH is 1. The fraction of sp³-hybridized carbons (Fsp3) is 0.562. The van der Waals surface area contributed by atoms with Crippen LogP contribution in [0.5, 0.6) is 0 Å². The highest BCUT2D eigenvalue weighted by Crippen LogP contribution is 2.34. The van der Waals surface area contributed by atoms with E-state index in [2.05, 4.69) is 24.8 Å². The van der Waals surface area contributed by atoms with E-state index in [1.54, 1.807) is 0 Å².